The summed E-state index contributed by atoms with van der Waals surface area (Å²) >= 11 is 0. The third kappa shape index (κ3) is 3.58. The molecule has 232 valence electrons. The maximum absolute atomic E-state index is 6.96. The van der Waals surface area contributed by atoms with E-state index in [2.05, 4.69) is 152 Å². The van der Waals surface area contributed by atoms with E-state index in [4.69, 9.17) is 14.4 Å². The van der Waals surface area contributed by atoms with E-state index >= 15 is 0 Å². The van der Waals surface area contributed by atoms with Gasteiger partial charge in [-0.3, -0.25) is 0 Å². The monoisotopic (exact) mass is 636 g/mol. The molecule has 11 rings (SSSR count). The molecule has 2 heterocycles. The highest BCUT2D eigenvalue weighted by Gasteiger charge is 2.54. The summed E-state index contributed by atoms with van der Waals surface area (Å²) in [6, 6.07) is 60.3. The predicted molar refractivity (Wildman–Crippen MR) is 202 cm³/mol. The van der Waals surface area contributed by atoms with Crippen LogP contribution in [0.4, 0.5) is 0 Å². The predicted octanol–water partition coefficient (Wildman–Crippen LogP) is 11.7. The third-order valence-electron chi connectivity index (χ3n) is 10.7. The van der Waals surface area contributed by atoms with Crippen LogP contribution in [0.1, 0.15) is 22.3 Å². The molecule has 0 unspecified atom stereocenters. The first-order valence-electron chi connectivity index (χ1n) is 17.1. The average molecular weight is 637 g/mol. The Morgan fingerprint density at radius 1 is 0.440 bits per heavy atom. The van der Waals surface area contributed by atoms with Crippen LogP contribution >= 0.6 is 0 Å². The van der Waals surface area contributed by atoms with Crippen LogP contribution in [0.2, 0.25) is 0 Å². The van der Waals surface area contributed by atoms with Crippen molar-refractivity contribution in [2.75, 3.05) is 0 Å². The van der Waals surface area contributed by atoms with Gasteiger partial charge in [-0.25, -0.2) is 9.97 Å². The van der Waals surface area contributed by atoms with Gasteiger partial charge in [-0.2, -0.15) is 0 Å². The van der Waals surface area contributed by atoms with E-state index in [0.717, 1.165) is 55.8 Å². The SMILES string of the molecule is c1ccc(-c2nc(-c3cccc4c3-c3oc5ccccc5c3C43c4ccccc4-c4ccccc43)cc(-c3cccc4ccccc34)n2)cc1. The van der Waals surface area contributed by atoms with E-state index < -0.39 is 5.41 Å². The Hall–Kier alpha value is -6.58. The summed E-state index contributed by atoms with van der Waals surface area (Å²) in [5.41, 5.74) is 13.8. The van der Waals surface area contributed by atoms with Crippen molar-refractivity contribution in [1.29, 1.82) is 0 Å². The fraction of sp³-hybridized carbons (Fsp3) is 0.0213. The Kier molecular flexibility index (Phi) is 5.59. The van der Waals surface area contributed by atoms with Gasteiger partial charge in [0.1, 0.15) is 11.3 Å². The lowest BCUT2D eigenvalue weighted by atomic mass is 9.70. The molecule has 2 aliphatic carbocycles. The molecule has 0 saturated heterocycles. The molecule has 9 aromatic rings. The summed E-state index contributed by atoms with van der Waals surface area (Å²) < 4.78 is 6.96. The molecule has 0 atom stereocenters. The molecule has 2 aliphatic rings. The number of furan rings is 1. The van der Waals surface area contributed by atoms with Crippen LogP contribution in [0, 0.1) is 0 Å². The van der Waals surface area contributed by atoms with Crippen molar-refractivity contribution in [2.45, 2.75) is 5.41 Å². The van der Waals surface area contributed by atoms with Crippen molar-refractivity contribution in [2.24, 2.45) is 0 Å². The highest BCUT2D eigenvalue weighted by atomic mass is 16.3. The summed E-state index contributed by atoms with van der Waals surface area (Å²) in [4.78, 5) is 10.6. The molecule has 0 aliphatic heterocycles. The minimum absolute atomic E-state index is 0.534. The number of benzene rings is 7. The molecule has 50 heavy (non-hydrogen) atoms. The van der Waals surface area contributed by atoms with Crippen LogP contribution in [0.15, 0.2) is 174 Å². The summed E-state index contributed by atoms with van der Waals surface area (Å²) in [5, 5.41) is 3.48. The van der Waals surface area contributed by atoms with Gasteiger partial charge in [-0.15, -0.1) is 0 Å². The summed E-state index contributed by atoms with van der Waals surface area (Å²) in [7, 11) is 0. The Morgan fingerprint density at radius 2 is 1.00 bits per heavy atom. The third-order valence-corrected chi connectivity index (χ3v) is 10.7. The minimum atomic E-state index is -0.534. The zero-order valence-corrected chi connectivity index (χ0v) is 27.0. The maximum atomic E-state index is 6.96. The fourth-order valence-corrected chi connectivity index (χ4v) is 8.73. The molecule has 2 aromatic heterocycles. The van der Waals surface area contributed by atoms with Gasteiger partial charge in [0.05, 0.1) is 16.8 Å². The lowest BCUT2D eigenvalue weighted by molar-refractivity contribution is 0.629. The summed E-state index contributed by atoms with van der Waals surface area (Å²) in [6.07, 6.45) is 0. The second-order valence-corrected chi connectivity index (χ2v) is 13.2. The van der Waals surface area contributed by atoms with Crippen LogP contribution in [-0.2, 0) is 5.41 Å². The second kappa shape index (κ2) is 10.2. The van der Waals surface area contributed by atoms with Gasteiger partial charge in [0.15, 0.2) is 5.82 Å². The molecule has 0 radical (unpaired) electrons. The quantitative estimate of drug-likeness (QED) is 0.194. The lowest BCUT2D eigenvalue weighted by Crippen LogP contribution is -2.25. The number of para-hydroxylation sites is 1. The van der Waals surface area contributed by atoms with Crippen molar-refractivity contribution < 1.29 is 4.42 Å². The molecule has 3 heteroatoms. The van der Waals surface area contributed by atoms with Crippen LogP contribution in [0.5, 0.6) is 0 Å². The molecule has 3 nitrogen and oxygen atoms in total. The largest absolute Gasteiger partial charge is 0.456 e. The number of hydrogen-bond donors (Lipinski definition) is 0. The Labute approximate surface area is 289 Å². The number of rotatable bonds is 3. The first kappa shape index (κ1) is 27.4. The van der Waals surface area contributed by atoms with Crippen molar-refractivity contribution in [3.63, 3.8) is 0 Å². The fourth-order valence-electron chi connectivity index (χ4n) is 8.73. The Balaban J connectivity index is 1.26. The van der Waals surface area contributed by atoms with Gasteiger partial charge in [0.25, 0.3) is 0 Å². The van der Waals surface area contributed by atoms with E-state index in [1.165, 1.54) is 38.8 Å². The van der Waals surface area contributed by atoms with Crippen LogP contribution in [0.3, 0.4) is 0 Å². The highest BCUT2D eigenvalue weighted by molar-refractivity contribution is 6.05. The van der Waals surface area contributed by atoms with E-state index in [1.54, 1.807) is 0 Å². The minimum Gasteiger partial charge on any atom is -0.456 e. The van der Waals surface area contributed by atoms with Crippen molar-refractivity contribution in [3.05, 3.63) is 192 Å². The first-order chi connectivity index (χ1) is 24.8. The maximum Gasteiger partial charge on any atom is 0.160 e. The Bertz CT molecular complexity index is 2780. The molecular formula is C47H28N2O. The zero-order chi connectivity index (χ0) is 32.8. The molecule has 0 amide bonds. The Morgan fingerprint density at radius 3 is 1.80 bits per heavy atom. The zero-order valence-electron chi connectivity index (χ0n) is 27.0. The van der Waals surface area contributed by atoms with Crippen LogP contribution < -0.4 is 0 Å². The van der Waals surface area contributed by atoms with Crippen molar-refractivity contribution >= 4 is 21.7 Å². The normalized spacial score (nSPS) is 13.4. The highest BCUT2D eigenvalue weighted by Crippen LogP contribution is 2.65. The molecule has 1 spiro atoms. The van der Waals surface area contributed by atoms with E-state index in [9.17, 15) is 0 Å². The van der Waals surface area contributed by atoms with Gasteiger partial charge < -0.3 is 4.42 Å². The molecule has 0 bridgehead atoms. The number of fused-ring (bicyclic) bond motifs is 13. The van der Waals surface area contributed by atoms with E-state index in [1.807, 2.05) is 18.2 Å². The topological polar surface area (TPSA) is 38.9 Å². The van der Waals surface area contributed by atoms with Crippen molar-refractivity contribution in [1.82, 2.24) is 9.97 Å². The number of aromatic nitrogens is 2. The molecule has 0 fully saturated rings. The van der Waals surface area contributed by atoms with Crippen molar-refractivity contribution in [3.8, 4) is 56.4 Å². The molecular weight excluding hydrogens is 609 g/mol. The van der Waals surface area contributed by atoms with Gasteiger partial charge in [0.2, 0.25) is 0 Å². The summed E-state index contributed by atoms with van der Waals surface area (Å²) in [5.74, 6) is 1.60. The first-order valence-corrected chi connectivity index (χ1v) is 17.1. The smallest absolute Gasteiger partial charge is 0.160 e. The van der Waals surface area contributed by atoms with Gasteiger partial charge in [0, 0.05) is 33.2 Å². The number of nitrogens with zero attached hydrogens (tertiary/aromatic N) is 2. The summed E-state index contributed by atoms with van der Waals surface area (Å²) in [6.45, 7) is 0. The average Bonchev–Trinajstić information content (AvgIpc) is 3.81. The second-order valence-electron chi connectivity index (χ2n) is 13.2. The van der Waals surface area contributed by atoms with Crippen LogP contribution in [-0.4, -0.2) is 9.97 Å². The standard InChI is InChI=1S/C47H28N2O/c1-2-15-30(16-3-1)46-48-40(34-22-12-17-29-14-4-5-18-31(29)34)28-41(49-46)35-23-13-26-39-43(35)45-44(36-21-8-11-27-42(36)50-45)47(39)37-24-9-6-19-32(37)33-20-7-10-25-38(33)47/h1-28H. The molecule has 0 N–H and O–H groups in total. The van der Waals surface area contributed by atoms with Gasteiger partial charge in [-0.1, -0.05) is 158 Å². The molecule has 0 saturated carbocycles. The van der Waals surface area contributed by atoms with Gasteiger partial charge >= 0.3 is 0 Å². The lowest BCUT2D eigenvalue weighted by Gasteiger charge is -2.30. The number of hydrogen-bond acceptors (Lipinski definition) is 3. The molecule has 7 aromatic carbocycles. The van der Waals surface area contributed by atoms with E-state index in [-0.39, 0.29) is 0 Å². The van der Waals surface area contributed by atoms with Gasteiger partial charge in [-0.05, 0) is 50.7 Å². The van der Waals surface area contributed by atoms with Crippen LogP contribution in [0.25, 0.3) is 78.1 Å². The van der Waals surface area contributed by atoms with E-state index in [0.29, 0.717) is 5.82 Å².